The zero-order chi connectivity index (χ0) is 14.7. The Morgan fingerprint density at radius 2 is 2.00 bits per heavy atom. The molecule has 0 saturated heterocycles. The Bertz CT molecular complexity index is 551. The molecule has 2 heterocycles. The molecule has 0 unspecified atom stereocenters. The van der Waals surface area contributed by atoms with Gasteiger partial charge in [0.2, 0.25) is 0 Å². The molecule has 5 heteroatoms. The monoisotopic (exact) mass is 276 g/mol. The van der Waals surface area contributed by atoms with Crippen molar-refractivity contribution in [2.24, 2.45) is 0 Å². The van der Waals surface area contributed by atoms with Gasteiger partial charge in [0.15, 0.2) is 0 Å². The van der Waals surface area contributed by atoms with E-state index in [2.05, 4.69) is 39.9 Å². The predicted octanol–water partition coefficient (Wildman–Crippen LogP) is 2.84. The van der Waals surface area contributed by atoms with Gasteiger partial charge in [-0.1, -0.05) is 12.1 Å². The smallest absolute Gasteiger partial charge is 0.138 e. The molecule has 0 fully saturated rings. The molecule has 0 aromatic carbocycles. The normalized spacial score (nSPS) is 11.5. The van der Waals surface area contributed by atoms with E-state index in [9.17, 15) is 0 Å². The van der Waals surface area contributed by atoms with Crippen molar-refractivity contribution in [1.29, 1.82) is 0 Å². The first-order chi connectivity index (χ1) is 9.51. The number of aromatic nitrogens is 3. The van der Waals surface area contributed by atoms with Crippen LogP contribution >= 0.6 is 0 Å². The molecule has 0 bridgehead atoms. The van der Waals surface area contributed by atoms with Crippen molar-refractivity contribution in [2.45, 2.75) is 53.8 Å². The summed E-state index contributed by atoms with van der Waals surface area (Å²) in [6.45, 7) is 10.9. The SMILES string of the molecule is CCCn1nc(C)cc1CN(C)Cc1c(C)noc1C. The summed E-state index contributed by atoms with van der Waals surface area (Å²) in [5, 5.41) is 8.55. The van der Waals surface area contributed by atoms with Gasteiger partial charge < -0.3 is 4.52 Å². The number of nitrogens with zero attached hydrogens (tertiary/aromatic N) is 4. The van der Waals surface area contributed by atoms with E-state index in [1.165, 1.54) is 11.3 Å². The van der Waals surface area contributed by atoms with E-state index in [4.69, 9.17) is 4.52 Å². The molecule has 0 atom stereocenters. The van der Waals surface area contributed by atoms with Gasteiger partial charge in [0.05, 0.1) is 17.1 Å². The van der Waals surface area contributed by atoms with Crippen molar-refractivity contribution in [3.05, 3.63) is 34.5 Å². The van der Waals surface area contributed by atoms with Gasteiger partial charge in [-0.05, 0) is 40.3 Å². The summed E-state index contributed by atoms with van der Waals surface area (Å²) in [5.41, 5.74) is 4.51. The van der Waals surface area contributed by atoms with Crippen LogP contribution in [0.4, 0.5) is 0 Å². The van der Waals surface area contributed by atoms with Crippen molar-refractivity contribution in [1.82, 2.24) is 19.8 Å². The van der Waals surface area contributed by atoms with Crippen LogP contribution in [-0.2, 0) is 19.6 Å². The van der Waals surface area contributed by atoms with Crippen LogP contribution in [0.15, 0.2) is 10.6 Å². The Labute approximate surface area is 120 Å². The molecule has 2 aromatic heterocycles. The summed E-state index contributed by atoms with van der Waals surface area (Å²) < 4.78 is 7.33. The fourth-order valence-corrected chi connectivity index (χ4v) is 2.46. The summed E-state index contributed by atoms with van der Waals surface area (Å²) >= 11 is 0. The van der Waals surface area contributed by atoms with Gasteiger partial charge in [0.25, 0.3) is 0 Å². The first kappa shape index (κ1) is 14.8. The van der Waals surface area contributed by atoms with E-state index in [0.29, 0.717) is 0 Å². The molecule has 2 aromatic rings. The van der Waals surface area contributed by atoms with Crippen LogP contribution in [-0.4, -0.2) is 26.9 Å². The third-order valence-corrected chi connectivity index (χ3v) is 3.46. The molecule has 2 rings (SSSR count). The highest BCUT2D eigenvalue weighted by atomic mass is 16.5. The fourth-order valence-electron chi connectivity index (χ4n) is 2.46. The number of hydrogen-bond acceptors (Lipinski definition) is 4. The van der Waals surface area contributed by atoms with Gasteiger partial charge in [-0.25, -0.2) is 0 Å². The molecule has 0 spiro atoms. The Morgan fingerprint density at radius 3 is 2.60 bits per heavy atom. The van der Waals surface area contributed by atoms with Gasteiger partial charge in [-0.3, -0.25) is 9.58 Å². The molecule has 0 N–H and O–H groups in total. The maximum Gasteiger partial charge on any atom is 0.138 e. The molecule has 110 valence electrons. The number of rotatable bonds is 6. The molecular weight excluding hydrogens is 252 g/mol. The summed E-state index contributed by atoms with van der Waals surface area (Å²) in [4.78, 5) is 2.27. The molecule has 0 saturated carbocycles. The highest BCUT2D eigenvalue weighted by Crippen LogP contribution is 2.16. The molecule has 0 radical (unpaired) electrons. The van der Waals surface area contributed by atoms with Crippen LogP contribution in [0.2, 0.25) is 0 Å². The average molecular weight is 276 g/mol. The van der Waals surface area contributed by atoms with Gasteiger partial charge >= 0.3 is 0 Å². The maximum atomic E-state index is 5.22. The minimum Gasteiger partial charge on any atom is -0.361 e. The summed E-state index contributed by atoms with van der Waals surface area (Å²) in [6, 6.07) is 2.17. The third-order valence-electron chi connectivity index (χ3n) is 3.46. The lowest BCUT2D eigenvalue weighted by Crippen LogP contribution is -2.20. The third kappa shape index (κ3) is 3.28. The lowest BCUT2D eigenvalue weighted by atomic mass is 10.2. The van der Waals surface area contributed by atoms with Crippen molar-refractivity contribution in [2.75, 3.05) is 7.05 Å². The van der Waals surface area contributed by atoms with Gasteiger partial charge in [-0.15, -0.1) is 0 Å². The maximum absolute atomic E-state index is 5.22. The molecule has 20 heavy (non-hydrogen) atoms. The summed E-state index contributed by atoms with van der Waals surface area (Å²) in [5.74, 6) is 0.910. The second-order valence-electron chi connectivity index (χ2n) is 5.48. The molecule has 0 aliphatic heterocycles. The van der Waals surface area contributed by atoms with Crippen molar-refractivity contribution < 1.29 is 4.52 Å². The Kier molecular flexibility index (Phi) is 4.60. The highest BCUT2D eigenvalue weighted by Gasteiger charge is 2.13. The van der Waals surface area contributed by atoms with E-state index in [1.807, 2.05) is 20.8 Å². The van der Waals surface area contributed by atoms with Gasteiger partial charge in [0, 0.05) is 25.2 Å². The van der Waals surface area contributed by atoms with E-state index < -0.39 is 0 Å². The second kappa shape index (κ2) is 6.22. The lowest BCUT2D eigenvalue weighted by molar-refractivity contribution is 0.303. The van der Waals surface area contributed by atoms with Gasteiger partial charge in [-0.2, -0.15) is 5.10 Å². The van der Waals surface area contributed by atoms with Crippen LogP contribution in [0.3, 0.4) is 0 Å². The minimum absolute atomic E-state index is 0.845. The van der Waals surface area contributed by atoms with Crippen LogP contribution in [0.25, 0.3) is 0 Å². The molecule has 0 amide bonds. The Balaban J connectivity index is 2.06. The summed E-state index contributed by atoms with van der Waals surface area (Å²) in [6.07, 6.45) is 1.10. The van der Waals surface area contributed by atoms with E-state index >= 15 is 0 Å². The highest BCUT2D eigenvalue weighted by molar-refractivity contribution is 5.20. The lowest BCUT2D eigenvalue weighted by Gasteiger charge is -2.17. The Morgan fingerprint density at radius 1 is 1.25 bits per heavy atom. The van der Waals surface area contributed by atoms with Crippen molar-refractivity contribution >= 4 is 0 Å². The molecule has 0 aliphatic carbocycles. The largest absolute Gasteiger partial charge is 0.361 e. The van der Waals surface area contributed by atoms with E-state index in [0.717, 1.165) is 43.2 Å². The summed E-state index contributed by atoms with van der Waals surface area (Å²) in [7, 11) is 2.12. The average Bonchev–Trinajstić information content (AvgIpc) is 2.87. The second-order valence-corrected chi connectivity index (χ2v) is 5.48. The van der Waals surface area contributed by atoms with Crippen molar-refractivity contribution in [3.63, 3.8) is 0 Å². The predicted molar refractivity (Wildman–Crippen MR) is 78.4 cm³/mol. The number of aryl methyl sites for hydroxylation is 4. The Hall–Kier alpha value is -1.62. The number of hydrogen-bond donors (Lipinski definition) is 0. The van der Waals surface area contributed by atoms with Crippen LogP contribution in [0.1, 0.15) is 41.8 Å². The van der Waals surface area contributed by atoms with Crippen LogP contribution in [0, 0.1) is 20.8 Å². The van der Waals surface area contributed by atoms with Crippen molar-refractivity contribution in [3.8, 4) is 0 Å². The van der Waals surface area contributed by atoms with Crippen LogP contribution in [0.5, 0.6) is 0 Å². The zero-order valence-corrected chi connectivity index (χ0v) is 13.1. The van der Waals surface area contributed by atoms with E-state index in [1.54, 1.807) is 0 Å². The molecular formula is C15H24N4O. The first-order valence-corrected chi connectivity index (χ1v) is 7.14. The topological polar surface area (TPSA) is 47.1 Å². The first-order valence-electron chi connectivity index (χ1n) is 7.14. The zero-order valence-electron chi connectivity index (χ0n) is 13.1. The molecule has 0 aliphatic rings. The standard InChI is InChI=1S/C15H24N4O/c1-6-7-19-14(8-11(2)16-19)9-18(5)10-15-12(3)17-20-13(15)4/h8H,6-7,9-10H2,1-5H3. The van der Waals surface area contributed by atoms with Gasteiger partial charge in [0.1, 0.15) is 5.76 Å². The van der Waals surface area contributed by atoms with Crippen LogP contribution < -0.4 is 0 Å². The minimum atomic E-state index is 0.845. The fraction of sp³-hybridized carbons (Fsp3) is 0.600. The van der Waals surface area contributed by atoms with E-state index in [-0.39, 0.29) is 0 Å². The quantitative estimate of drug-likeness (QED) is 0.814. The molecule has 5 nitrogen and oxygen atoms in total.